The Bertz CT molecular complexity index is 540. The van der Waals surface area contributed by atoms with Crippen molar-refractivity contribution in [1.82, 2.24) is 9.78 Å². The van der Waals surface area contributed by atoms with Crippen molar-refractivity contribution in [1.29, 1.82) is 0 Å². The van der Waals surface area contributed by atoms with E-state index in [0.717, 1.165) is 29.2 Å². The lowest BCUT2D eigenvalue weighted by Gasteiger charge is -2.11. The molecule has 0 atom stereocenters. The zero-order chi connectivity index (χ0) is 13.7. The van der Waals surface area contributed by atoms with Gasteiger partial charge in [-0.2, -0.15) is 5.10 Å². The number of aryl methyl sites for hydroxylation is 1. The number of benzene rings is 1. The summed E-state index contributed by atoms with van der Waals surface area (Å²) < 4.78 is 12.9. The summed E-state index contributed by atoms with van der Waals surface area (Å²) in [5, 5.41) is 4.12. The Labute approximate surface area is 117 Å². The molecule has 0 saturated carbocycles. The molecule has 1 aromatic heterocycles. The van der Waals surface area contributed by atoms with E-state index in [0.29, 0.717) is 12.5 Å². The molecule has 2 aromatic rings. The third-order valence-corrected chi connectivity index (χ3v) is 3.23. The molecule has 0 N–H and O–H groups in total. The standard InChI is InChI=1S/C14H17ClN2O2/c1-17-12(5-7-16-17)6-8-19-14-9-11(10-15)3-4-13(14)18-2/h3-5,7,9H,6,8,10H2,1-2H3. The second-order valence-corrected chi connectivity index (χ2v) is 4.43. The Morgan fingerprint density at radius 2 is 2.11 bits per heavy atom. The summed E-state index contributed by atoms with van der Waals surface area (Å²) in [6.45, 7) is 0.571. The molecule has 0 aliphatic heterocycles. The average Bonchev–Trinajstić information content (AvgIpc) is 2.84. The second-order valence-electron chi connectivity index (χ2n) is 4.16. The van der Waals surface area contributed by atoms with Crippen LogP contribution in [-0.2, 0) is 19.3 Å². The Morgan fingerprint density at radius 3 is 2.74 bits per heavy atom. The van der Waals surface area contributed by atoms with Crippen molar-refractivity contribution >= 4 is 11.6 Å². The monoisotopic (exact) mass is 280 g/mol. The highest BCUT2D eigenvalue weighted by Crippen LogP contribution is 2.28. The number of methoxy groups -OCH3 is 1. The van der Waals surface area contributed by atoms with Gasteiger partial charge in [0.2, 0.25) is 0 Å². The molecule has 0 radical (unpaired) electrons. The molecule has 1 aromatic carbocycles. The zero-order valence-corrected chi connectivity index (χ0v) is 11.9. The van der Waals surface area contributed by atoms with E-state index in [1.807, 2.05) is 36.0 Å². The fourth-order valence-corrected chi connectivity index (χ4v) is 2.00. The minimum atomic E-state index is 0.460. The van der Waals surface area contributed by atoms with Crippen molar-refractivity contribution in [2.45, 2.75) is 12.3 Å². The predicted molar refractivity (Wildman–Crippen MR) is 75.0 cm³/mol. The minimum Gasteiger partial charge on any atom is -0.493 e. The number of alkyl halides is 1. The Kier molecular flexibility index (Phi) is 4.68. The van der Waals surface area contributed by atoms with Crippen LogP contribution in [0.1, 0.15) is 11.3 Å². The van der Waals surface area contributed by atoms with Crippen LogP contribution in [0.3, 0.4) is 0 Å². The normalized spacial score (nSPS) is 10.5. The summed E-state index contributed by atoms with van der Waals surface area (Å²) in [4.78, 5) is 0. The third kappa shape index (κ3) is 3.41. The van der Waals surface area contributed by atoms with Crippen LogP contribution in [0.4, 0.5) is 0 Å². The average molecular weight is 281 g/mol. The minimum absolute atomic E-state index is 0.460. The van der Waals surface area contributed by atoms with Crippen molar-refractivity contribution in [3.05, 3.63) is 41.7 Å². The SMILES string of the molecule is COc1ccc(CCl)cc1OCCc1ccnn1C. The van der Waals surface area contributed by atoms with Crippen molar-refractivity contribution in [3.8, 4) is 11.5 Å². The number of hydrogen-bond donors (Lipinski definition) is 0. The molecule has 0 unspecified atom stereocenters. The summed E-state index contributed by atoms with van der Waals surface area (Å²) in [7, 11) is 3.55. The van der Waals surface area contributed by atoms with Gasteiger partial charge in [-0.3, -0.25) is 4.68 Å². The van der Waals surface area contributed by atoms with Gasteiger partial charge in [0.25, 0.3) is 0 Å². The molecule has 0 amide bonds. The Morgan fingerprint density at radius 1 is 1.26 bits per heavy atom. The van der Waals surface area contributed by atoms with Gasteiger partial charge in [0.15, 0.2) is 11.5 Å². The predicted octanol–water partition coefficient (Wildman–Crippen LogP) is 2.79. The maximum Gasteiger partial charge on any atom is 0.161 e. The lowest BCUT2D eigenvalue weighted by Crippen LogP contribution is -2.06. The van der Waals surface area contributed by atoms with Crippen LogP contribution in [0.5, 0.6) is 11.5 Å². The molecule has 102 valence electrons. The number of nitrogens with zero attached hydrogens (tertiary/aromatic N) is 2. The zero-order valence-electron chi connectivity index (χ0n) is 11.1. The highest BCUT2D eigenvalue weighted by Gasteiger charge is 2.06. The first-order chi connectivity index (χ1) is 9.24. The number of ether oxygens (including phenoxy) is 2. The Balaban J connectivity index is 2.00. The van der Waals surface area contributed by atoms with Crippen molar-refractivity contribution in [2.75, 3.05) is 13.7 Å². The van der Waals surface area contributed by atoms with Crippen LogP contribution in [0.15, 0.2) is 30.5 Å². The molecule has 0 fully saturated rings. The summed E-state index contributed by atoms with van der Waals surface area (Å²) in [6, 6.07) is 7.70. The maximum absolute atomic E-state index is 5.82. The highest BCUT2D eigenvalue weighted by molar-refractivity contribution is 6.17. The smallest absolute Gasteiger partial charge is 0.161 e. The van der Waals surface area contributed by atoms with E-state index in [2.05, 4.69) is 5.10 Å². The lowest BCUT2D eigenvalue weighted by atomic mass is 10.2. The molecule has 1 heterocycles. The number of halogens is 1. The number of rotatable bonds is 6. The molecule has 2 rings (SSSR count). The molecular weight excluding hydrogens is 264 g/mol. The van der Waals surface area contributed by atoms with Gasteiger partial charge < -0.3 is 9.47 Å². The van der Waals surface area contributed by atoms with Crippen molar-refractivity contribution in [2.24, 2.45) is 7.05 Å². The van der Waals surface area contributed by atoms with Crippen LogP contribution >= 0.6 is 11.6 Å². The molecule has 0 aliphatic carbocycles. The van der Waals surface area contributed by atoms with Gasteiger partial charge in [-0.15, -0.1) is 11.6 Å². The van der Waals surface area contributed by atoms with Gasteiger partial charge >= 0.3 is 0 Å². The van der Waals surface area contributed by atoms with E-state index < -0.39 is 0 Å². The highest BCUT2D eigenvalue weighted by atomic mass is 35.5. The molecule has 0 bridgehead atoms. The molecular formula is C14H17ClN2O2. The van der Waals surface area contributed by atoms with Crippen molar-refractivity contribution in [3.63, 3.8) is 0 Å². The molecule has 0 saturated heterocycles. The molecule has 5 heteroatoms. The van der Waals surface area contributed by atoms with Crippen LogP contribution < -0.4 is 9.47 Å². The van der Waals surface area contributed by atoms with Crippen LogP contribution in [0, 0.1) is 0 Å². The first-order valence-electron chi connectivity index (χ1n) is 6.07. The lowest BCUT2D eigenvalue weighted by molar-refractivity contribution is 0.295. The van der Waals surface area contributed by atoms with Crippen LogP contribution in [0.2, 0.25) is 0 Å². The van der Waals surface area contributed by atoms with Crippen LogP contribution in [0.25, 0.3) is 0 Å². The van der Waals surface area contributed by atoms with Gasteiger partial charge in [-0.1, -0.05) is 6.07 Å². The van der Waals surface area contributed by atoms with E-state index >= 15 is 0 Å². The first kappa shape index (κ1) is 13.7. The summed E-state index contributed by atoms with van der Waals surface area (Å²) in [5.41, 5.74) is 2.14. The van der Waals surface area contributed by atoms with Crippen molar-refractivity contribution < 1.29 is 9.47 Å². The maximum atomic E-state index is 5.82. The Hall–Kier alpha value is -1.68. The van der Waals surface area contributed by atoms with E-state index in [-0.39, 0.29) is 0 Å². The number of hydrogen-bond acceptors (Lipinski definition) is 3. The van der Waals surface area contributed by atoms with Crippen LogP contribution in [-0.4, -0.2) is 23.5 Å². The second kappa shape index (κ2) is 6.48. The van der Waals surface area contributed by atoms with Gasteiger partial charge in [0.05, 0.1) is 13.7 Å². The fraction of sp³-hybridized carbons (Fsp3) is 0.357. The van der Waals surface area contributed by atoms with E-state index in [9.17, 15) is 0 Å². The van der Waals surface area contributed by atoms with Gasteiger partial charge in [0, 0.05) is 31.2 Å². The molecule has 19 heavy (non-hydrogen) atoms. The summed E-state index contributed by atoms with van der Waals surface area (Å²) >= 11 is 5.82. The molecule has 4 nitrogen and oxygen atoms in total. The number of aromatic nitrogens is 2. The first-order valence-corrected chi connectivity index (χ1v) is 6.60. The largest absolute Gasteiger partial charge is 0.493 e. The summed E-state index contributed by atoms with van der Waals surface area (Å²) in [5.74, 6) is 1.91. The quantitative estimate of drug-likeness (QED) is 0.764. The third-order valence-electron chi connectivity index (χ3n) is 2.92. The fourth-order valence-electron chi connectivity index (χ4n) is 1.83. The van der Waals surface area contributed by atoms with Gasteiger partial charge in [0.1, 0.15) is 0 Å². The van der Waals surface area contributed by atoms with Gasteiger partial charge in [-0.05, 0) is 23.8 Å². The van der Waals surface area contributed by atoms with Gasteiger partial charge in [-0.25, -0.2) is 0 Å². The summed E-state index contributed by atoms with van der Waals surface area (Å²) in [6.07, 6.45) is 2.58. The van der Waals surface area contributed by atoms with E-state index in [4.69, 9.17) is 21.1 Å². The van der Waals surface area contributed by atoms with E-state index in [1.54, 1.807) is 13.3 Å². The molecule has 0 aliphatic rings. The van der Waals surface area contributed by atoms with E-state index in [1.165, 1.54) is 0 Å². The molecule has 0 spiro atoms. The topological polar surface area (TPSA) is 36.3 Å².